The fraction of sp³-hybridized carbons (Fsp3) is 0.120. The molecule has 4 rings (SSSR count). The van der Waals surface area contributed by atoms with Crippen LogP contribution in [0.2, 0.25) is 5.02 Å². The topological polar surface area (TPSA) is 46.6 Å². The first-order valence-electron chi connectivity index (χ1n) is 9.77. The van der Waals surface area contributed by atoms with E-state index in [0.717, 1.165) is 34.0 Å². The monoisotopic (exact) mass is 449 g/mol. The van der Waals surface area contributed by atoms with Crippen molar-refractivity contribution in [1.82, 2.24) is 4.90 Å². The molecule has 0 bridgehead atoms. The van der Waals surface area contributed by atoms with Gasteiger partial charge >= 0.3 is 0 Å². The highest BCUT2D eigenvalue weighted by molar-refractivity contribution is 8.18. The average molecular weight is 450 g/mol. The maximum Gasteiger partial charge on any atom is 0.293 e. The lowest BCUT2D eigenvalue weighted by atomic mass is 10.1. The van der Waals surface area contributed by atoms with Gasteiger partial charge in [-0.2, -0.15) is 0 Å². The van der Waals surface area contributed by atoms with E-state index in [4.69, 9.17) is 16.3 Å². The van der Waals surface area contributed by atoms with Crippen LogP contribution in [-0.4, -0.2) is 16.0 Å². The van der Waals surface area contributed by atoms with Crippen LogP contribution in [0.3, 0.4) is 0 Å². The molecule has 1 heterocycles. The number of aryl methyl sites for hydroxylation is 1. The molecule has 1 aliphatic heterocycles. The van der Waals surface area contributed by atoms with Gasteiger partial charge in [0.15, 0.2) is 0 Å². The van der Waals surface area contributed by atoms with Crippen molar-refractivity contribution in [2.45, 2.75) is 20.1 Å². The van der Waals surface area contributed by atoms with Gasteiger partial charge in [0.05, 0.1) is 11.4 Å². The predicted molar refractivity (Wildman–Crippen MR) is 125 cm³/mol. The van der Waals surface area contributed by atoms with Gasteiger partial charge in [0.25, 0.3) is 11.1 Å². The summed E-state index contributed by atoms with van der Waals surface area (Å²) in [6.45, 7) is 2.60. The fourth-order valence-corrected chi connectivity index (χ4v) is 4.28. The number of halogens is 1. The first-order chi connectivity index (χ1) is 15.0. The van der Waals surface area contributed by atoms with Gasteiger partial charge in [-0.1, -0.05) is 71.8 Å². The first kappa shape index (κ1) is 21.2. The van der Waals surface area contributed by atoms with Crippen LogP contribution in [0.1, 0.15) is 22.3 Å². The summed E-state index contributed by atoms with van der Waals surface area (Å²) < 4.78 is 5.85. The Morgan fingerprint density at radius 1 is 1.00 bits per heavy atom. The van der Waals surface area contributed by atoms with Gasteiger partial charge < -0.3 is 4.74 Å². The van der Waals surface area contributed by atoms with Crippen molar-refractivity contribution >= 4 is 40.6 Å². The molecule has 0 saturated carbocycles. The van der Waals surface area contributed by atoms with Gasteiger partial charge in [-0.15, -0.1) is 0 Å². The van der Waals surface area contributed by atoms with Crippen LogP contribution in [0.5, 0.6) is 5.75 Å². The molecule has 0 radical (unpaired) electrons. The second kappa shape index (κ2) is 9.41. The quantitative estimate of drug-likeness (QED) is 0.405. The number of carbonyl (C=O) groups excluding carboxylic acids is 2. The zero-order chi connectivity index (χ0) is 21.8. The van der Waals surface area contributed by atoms with Gasteiger partial charge in [-0.3, -0.25) is 14.5 Å². The Bertz CT molecular complexity index is 1170. The lowest BCUT2D eigenvalue weighted by molar-refractivity contribution is -0.123. The summed E-state index contributed by atoms with van der Waals surface area (Å²) in [5.74, 6) is 0.381. The van der Waals surface area contributed by atoms with E-state index in [1.165, 1.54) is 4.90 Å². The molecular formula is C25H20ClNO3S. The van der Waals surface area contributed by atoms with E-state index in [9.17, 15) is 9.59 Å². The molecule has 1 fully saturated rings. The number of nitrogens with zero attached hydrogens (tertiary/aromatic N) is 1. The number of amides is 2. The van der Waals surface area contributed by atoms with E-state index in [0.29, 0.717) is 22.3 Å². The molecule has 0 aromatic heterocycles. The number of benzene rings is 3. The highest BCUT2D eigenvalue weighted by Crippen LogP contribution is 2.34. The Morgan fingerprint density at radius 2 is 1.81 bits per heavy atom. The standard InChI is InChI=1S/C25H20ClNO3S/c1-17-6-4-8-19(12-17)15-27-24(28)23(31-25(27)29)14-18-7-5-10-21(13-18)30-16-20-9-2-3-11-22(20)26/h2-14H,15-16H2,1H3/b23-14-. The number of rotatable bonds is 6. The zero-order valence-corrected chi connectivity index (χ0v) is 18.5. The van der Waals surface area contributed by atoms with E-state index in [2.05, 4.69) is 0 Å². The van der Waals surface area contributed by atoms with Crippen molar-refractivity contribution in [2.24, 2.45) is 0 Å². The Kier molecular flexibility index (Phi) is 6.44. The Labute approximate surface area is 190 Å². The number of ether oxygens (including phenoxy) is 1. The van der Waals surface area contributed by atoms with Crippen molar-refractivity contribution in [3.8, 4) is 5.75 Å². The van der Waals surface area contributed by atoms with E-state index in [1.54, 1.807) is 6.08 Å². The molecule has 4 nitrogen and oxygen atoms in total. The summed E-state index contributed by atoms with van der Waals surface area (Å²) in [7, 11) is 0. The molecule has 3 aromatic rings. The third-order valence-corrected chi connectivity index (χ3v) is 6.08. The molecule has 156 valence electrons. The SMILES string of the molecule is Cc1cccc(CN2C(=O)S/C(=C\c3cccc(OCc4ccccc4Cl)c3)C2=O)c1. The lowest BCUT2D eigenvalue weighted by Gasteiger charge is -2.12. The highest BCUT2D eigenvalue weighted by Gasteiger charge is 2.34. The molecule has 31 heavy (non-hydrogen) atoms. The van der Waals surface area contributed by atoms with Crippen LogP contribution in [0.25, 0.3) is 6.08 Å². The Balaban J connectivity index is 1.47. The molecule has 1 saturated heterocycles. The van der Waals surface area contributed by atoms with Gasteiger partial charge in [0.2, 0.25) is 0 Å². The van der Waals surface area contributed by atoms with Crippen molar-refractivity contribution < 1.29 is 14.3 Å². The summed E-state index contributed by atoms with van der Waals surface area (Å²) in [6.07, 6.45) is 1.73. The van der Waals surface area contributed by atoms with Crippen LogP contribution in [0, 0.1) is 6.92 Å². The average Bonchev–Trinajstić information content (AvgIpc) is 3.01. The smallest absolute Gasteiger partial charge is 0.293 e. The molecule has 0 atom stereocenters. The highest BCUT2D eigenvalue weighted by atomic mass is 35.5. The number of imide groups is 1. The van der Waals surface area contributed by atoms with Crippen molar-refractivity contribution in [2.75, 3.05) is 0 Å². The second-order valence-electron chi connectivity index (χ2n) is 7.21. The molecule has 0 unspecified atom stereocenters. The van der Waals surface area contributed by atoms with Crippen LogP contribution in [-0.2, 0) is 17.9 Å². The number of thioether (sulfide) groups is 1. The minimum absolute atomic E-state index is 0.260. The van der Waals surface area contributed by atoms with E-state index >= 15 is 0 Å². The minimum atomic E-state index is -0.279. The van der Waals surface area contributed by atoms with Gasteiger partial charge in [-0.05, 0) is 54.1 Å². The number of carbonyl (C=O) groups is 2. The first-order valence-corrected chi connectivity index (χ1v) is 11.0. The van der Waals surface area contributed by atoms with E-state index < -0.39 is 0 Å². The van der Waals surface area contributed by atoms with E-state index in [1.807, 2.05) is 79.7 Å². The third-order valence-electron chi connectivity index (χ3n) is 4.80. The largest absolute Gasteiger partial charge is 0.489 e. The molecule has 0 spiro atoms. The maximum atomic E-state index is 12.8. The van der Waals surface area contributed by atoms with Crippen LogP contribution in [0.15, 0.2) is 77.7 Å². The predicted octanol–water partition coefficient (Wildman–Crippen LogP) is 6.46. The van der Waals surface area contributed by atoms with Crippen molar-refractivity contribution in [1.29, 1.82) is 0 Å². The molecule has 2 amide bonds. The summed E-state index contributed by atoms with van der Waals surface area (Å²) in [5, 5.41) is 0.393. The number of hydrogen-bond donors (Lipinski definition) is 0. The summed E-state index contributed by atoms with van der Waals surface area (Å²) in [4.78, 5) is 26.9. The minimum Gasteiger partial charge on any atom is -0.489 e. The van der Waals surface area contributed by atoms with Crippen molar-refractivity contribution in [3.63, 3.8) is 0 Å². The van der Waals surface area contributed by atoms with Crippen LogP contribution < -0.4 is 4.74 Å². The van der Waals surface area contributed by atoms with Gasteiger partial charge in [0.1, 0.15) is 12.4 Å². The molecule has 6 heteroatoms. The summed E-state index contributed by atoms with van der Waals surface area (Å²) in [6, 6.07) is 22.7. The molecule has 0 N–H and O–H groups in total. The molecule has 3 aromatic carbocycles. The lowest BCUT2D eigenvalue weighted by Crippen LogP contribution is -2.27. The molecular weight excluding hydrogens is 430 g/mol. The number of hydrogen-bond acceptors (Lipinski definition) is 4. The summed E-state index contributed by atoms with van der Waals surface area (Å²) >= 11 is 7.14. The summed E-state index contributed by atoms with van der Waals surface area (Å²) in [5.41, 5.74) is 3.71. The van der Waals surface area contributed by atoms with Gasteiger partial charge in [0, 0.05) is 10.6 Å². The molecule has 0 aliphatic carbocycles. The Morgan fingerprint density at radius 3 is 2.61 bits per heavy atom. The molecule has 1 aliphatic rings. The zero-order valence-electron chi connectivity index (χ0n) is 16.9. The Hall–Kier alpha value is -3.02. The second-order valence-corrected chi connectivity index (χ2v) is 8.61. The van der Waals surface area contributed by atoms with E-state index in [-0.39, 0.29) is 17.7 Å². The normalized spacial score (nSPS) is 15.0. The van der Waals surface area contributed by atoms with Gasteiger partial charge in [-0.25, -0.2) is 0 Å². The maximum absolute atomic E-state index is 12.8. The van der Waals surface area contributed by atoms with Crippen LogP contribution in [0.4, 0.5) is 4.79 Å². The van der Waals surface area contributed by atoms with Crippen molar-refractivity contribution in [3.05, 3.63) is 105 Å². The fourth-order valence-electron chi connectivity index (χ4n) is 3.25. The van der Waals surface area contributed by atoms with Crippen LogP contribution >= 0.6 is 23.4 Å². The third kappa shape index (κ3) is 5.19.